The number of halogens is 4. The average Bonchev–Trinajstić information content (AvgIpc) is 2.62. The van der Waals surface area contributed by atoms with Crippen molar-refractivity contribution >= 4 is 29.1 Å². The molecule has 0 unspecified atom stereocenters. The Morgan fingerprint density at radius 2 is 1.96 bits per heavy atom. The highest BCUT2D eigenvalue weighted by atomic mass is 35.5. The number of hydrogen-bond donors (Lipinski definition) is 2. The third-order valence-electron chi connectivity index (χ3n) is 4.23. The van der Waals surface area contributed by atoms with Crippen molar-refractivity contribution in [2.24, 2.45) is 0 Å². The fourth-order valence-electron chi connectivity index (χ4n) is 2.90. The molecule has 0 aromatic carbocycles. The third-order valence-corrected chi connectivity index (χ3v) is 4.60. The van der Waals surface area contributed by atoms with Gasteiger partial charge in [0, 0.05) is 31.5 Å². The summed E-state index contributed by atoms with van der Waals surface area (Å²) in [5.74, 6) is 0.116. The summed E-state index contributed by atoms with van der Waals surface area (Å²) in [6.45, 7) is 0.873. The van der Waals surface area contributed by atoms with E-state index >= 15 is 0 Å². The molecule has 0 aliphatic carbocycles. The second kappa shape index (κ2) is 7.99. The molecule has 1 aliphatic rings. The maximum Gasteiger partial charge on any atom is 0.418 e. The van der Waals surface area contributed by atoms with E-state index in [1.807, 2.05) is 0 Å². The van der Waals surface area contributed by atoms with Crippen molar-refractivity contribution < 1.29 is 18.0 Å². The predicted octanol–water partition coefficient (Wildman–Crippen LogP) is 3.94. The van der Waals surface area contributed by atoms with E-state index in [1.54, 1.807) is 23.2 Å². The molecule has 0 spiro atoms. The van der Waals surface area contributed by atoms with Crippen LogP contribution in [-0.2, 0) is 6.18 Å². The van der Waals surface area contributed by atoms with Crippen LogP contribution in [0.15, 0.2) is 36.8 Å². The first-order valence-corrected chi connectivity index (χ1v) is 8.66. The molecule has 1 aliphatic heterocycles. The number of pyridine rings is 2. The van der Waals surface area contributed by atoms with Crippen LogP contribution < -0.4 is 15.5 Å². The zero-order chi connectivity index (χ0) is 19.4. The molecule has 144 valence electrons. The van der Waals surface area contributed by atoms with Crippen molar-refractivity contribution in [3.8, 4) is 0 Å². The molecule has 2 N–H and O–H groups in total. The molecule has 3 rings (SSSR count). The van der Waals surface area contributed by atoms with Gasteiger partial charge in [0.1, 0.15) is 5.82 Å². The van der Waals surface area contributed by atoms with Gasteiger partial charge in [-0.15, -0.1) is 0 Å². The number of urea groups is 1. The highest BCUT2D eigenvalue weighted by Crippen LogP contribution is 2.38. The summed E-state index contributed by atoms with van der Waals surface area (Å²) in [7, 11) is 0. The van der Waals surface area contributed by atoms with Crippen molar-refractivity contribution in [1.29, 1.82) is 0 Å². The third kappa shape index (κ3) is 4.79. The van der Waals surface area contributed by atoms with Crippen molar-refractivity contribution in [1.82, 2.24) is 15.3 Å². The van der Waals surface area contributed by atoms with Crippen LogP contribution in [0.1, 0.15) is 18.4 Å². The van der Waals surface area contributed by atoms with Gasteiger partial charge in [-0.2, -0.15) is 13.2 Å². The first kappa shape index (κ1) is 19.2. The number of anilines is 2. The molecule has 6 nitrogen and oxygen atoms in total. The van der Waals surface area contributed by atoms with Crippen LogP contribution in [-0.4, -0.2) is 35.1 Å². The Morgan fingerprint density at radius 1 is 1.22 bits per heavy atom. The van der Waals surface area contributed by atoms with Gasteiger partial charge < -0.3 is 15.5 Å². The van der Waals surface area contributed by atoms with Crippen LogP contribution in [0.4, 0.5) is 29.5 Å². The average molecular weight is 400 g/mol. The molecule has 1 saturated heterocycles. The summed E-state index contributed by atoms with van der Waals surface area (Å²) < 4.78 is 39.0. The van der Waals surface area contributed by atoms with Gasteiger partial charge in [0.25, 0.3) is 0 Å². The normalized spacial score (nSPS) is 15.5. The number of nitrogens with one attached hydrogen (secondary N) is 2. The summed E-state index contributed by atoms with van der Waals surface area (Å²) in [5, 5.41) is 5.13. The lowest BCUT2D eigenvalue weighted by Crippen LogP contribution is -2.46. The fraction of sp³-hybridized carbons (Fsp3) is 0.353. The molecule has 0 bridgehead atoms. The SMILES string of the molecule is O=C(Nc1cccnc1)NC1CCN(c2nccc(C(F)(F)F)c2Cl)CC1. The standard InChI is InChI=1S/C17H17ClF3N5O/c18-14-13(17(19,20)21)3-7-23-15(14)26-8-4-11(5-9-26)24-16(27)25-12-2-1-6-22-10-12/h1-3,6-7,10-11H,4-5,8-9H2,(H2,24,25,27). The lowest BCUT2D eigenvalue weighted by molar-refractivity contribution is -0.137. The molecule has 1 fully saturated rings. The molecule has 0 atom stereocenters. The summed E-state index contributed by atoms with van der Waals surface area (Å²) in [4.78, 5) is 21.6. The van der Waals surface area contributed by atoms with Gasteiger partial charge in [-0.05, 0) is 31.0 Å². The summed E-state index contributed by atoms with van der Waals surface area (Å²) >= 11 is 5.93. The molecule has 2 amide bonds. The topological polar surface area (TPSA) is 70.2 Å². The van der Waals surface area contributed by atoms with Crippen LogP contribution in [0.3, 0.4) is 0 Å². The van der Waals surface area contributed by atoms with Gasteiger partial charge in [0.2, 0.25) is 0 Å². The van der Waals surface area contributed by atoms with Crippen LogP contribution >= 0.6 is 11.6 Å². The molecule has 27 heavy (non-hydrogen) atoms. The minimum absolute atomic E-state index is 0.0949. The van der Waals surface area contributed by atoms with E-state index in [2.05, 4.69) is 20.6 Å². The Balaban J connectivity index is 1.57. The maximum atomic E-state index is 13.0. The first-order valence-electron chi connectivity index (χ1n) is 8.29. The number of carbonyl (C=O) groups excluding carboxylic acids is 1. The number of carbonyl (C=O) groups is 1. The largest absolute Gasteiger partial charge is 0.418 e. The highest BCUT2D eigenvalue weighted by Gasteiger charge is 2.35. The van der Waals surface area contributed by atoms with Gasteiger partial charge in [-0.25, -0.2) is 9.78 Å². The first-order chi connectivity index (χ1) is 12.8. The second-order valence-corrected chi connectivity index (χ2v) is 6.47. The van der Waals surface area contributed by atoms with E-state index < -0.39 is 16.8 Å². The number of alkyl halides is 3. The van der Waals surface area contributed by atoms with Gasteiger partial charge in [-0.1, -0.05) is 11.6 Å². The molecule has 3 heterocycles. The Labute approximate surface area is 158 Å². The molecular formula is C17H17ClF3N5O. The second-order valence-electron chi connectivity index (χ2n) is 6.10. The number of nitrogens with zero attached hydrogens (tertiary/aromatic N) is 3. The number of rotatable bonds is 3. The van der Waals surface area contributed by atoms with E-state index in [0.717, 1.165) is 12.3 Å². The maximum absolute atomic E-state index is 13.0. The van der Waals surface area contributed by atoms with Gasteiger partial charge in [-0.3, -0.25) is 4.98 Å². The van der Waals surface area contributed by atoms with E-state index in [9.17, 15) is 18.0 Å². The Morgan fingerprint density at radius 3 is 2.59 bits per heavy atom. The van der Waals surface area contributed by atoms with E-state index in [4.69, 9.17) is 11.6 Å². The zero-order valence-electron chi connectivity index (χ0n) is 14.1. The predicted molar refractivity (Wildman–Crippen MR) is 95.9 cm³/mol. The quantitative estimate of drug-likeness (QED) is 0.820. The van der Waals surface area contributed by atoms with Crippen molar-refractivity contribution in [3.05, 3.63) is 47.4 Å². The minimum atomic E-state index is -4.53. The van der Waals surface area contributed by atoms with Gasteiger partial charge >= 0.3 is 12.2 Å². The Kier molecular flexibility index (Phi) is 5.69. The van der Waals surface area contributed by atoms with E-state index in [1.165, 1.54) is 6.20 Å². The molecule has 10 heteroatoms. The number of aromatic nitrogens is 2. The smallest absolute Gasteiger partial charge is 0.355 e. The van der Waals surface area contributed by atoms with Gasteiger partial charge in [0.05, 0.1) is 22.5 Å². The van der Waals surface area contributed by atoms with E-state index in [-0.39, 0.29) is 17.9 Å². The Bertz CT molecular complexity index is 795. The molecule has 2 aromatic heterocycles. The molecule has 2 aromatic rings. The van der Waals surface area contributed by atoms with Crippen molar-refractivity contribution in [3.63, 3.8) is 0 Å². The number of amides is 2. The number of hydrogen-bond acceptors (Lipinski definition) is 4. The minimum Gasteiger partial charge on any atom is -0.355 e. The summed E-state index contributed by atoms with van der Waals surface area (Å²) in [6, 6.07) is 3.85. The number of piperidine rings is 1. The van der Waals surface area contributed by atoms with Crippen LogP contribution in [0.2, 0.25) is 5.02 Å². The molecule has 0 radical (unpaired) electrons. The lowest BCUT2D eigenvalue weighted by Gasteiger charge is -2.33. The summed E-state index contributed by atoms with van der Waals surface area (Å²) in [5.41, 5.74) is -0.322. The summed E-state index contributed by atoms with van der Waals surface area (Å²) in [6.07, 6.45) is 0.841. The van der Waals surface area contributed by atoms with Crippen LogP contribution in [0, 0.1) is 0 Å². The van der Waals surface area contributed by atoms with Gasteiger partial charge in [0.15, 0.2) is 0 Å². The zero-order valence-corrected chi connectivity index (χ0v) is 14.9. The lowest BCUT2D eigenvalue weighted by atomic mass is 10.0. The van der Waals surface area contributed by atoms with Crippen LogP contribution in [0.5, 0.6) is 0 Å². The highest BCUT2D eigenvalue weighted by molar-refractivity contribution is 6.33. The molecular weight excluding hydrogens is 383 g/mol. The van der Waals surface area contributed by atoms with Crippen molar-refractivity contribution in [2.75, 3.05) is 23.3 Å². The van der Waals surface area contributed by atoms with E-state index in [0.29, 0.717) is 31.6 Å². The van der Waals surface area contributed by atoms with Crippen molar-refractivity contribution in [2.45, 2.75) is 25.1 Å². The van der Waals surface area contributed by atoms with Crippen LogP contribution in [0.25, 0.3) is 0 Å². The Hall–Kier alpha value is -2.55. The fourth-order valence-corrected chi connectivity index (χ4v) is 3.24. The monoisotopic (exact) mass is 399 g/mol. The molecule has 0 saturated carbocycles.